The minimum Gasteiger partial charge on any atom is -0.496 e. The quantitative estimate of drug-likeness (QED) is 0.337. The second kappa shape index (κ2) is 10.2. The number of carbonyl (C=O) groups is 2. The van der Waals surface area contributed by atoms with Crippen LogP contribution in [0.15, 0.2) is 36.4 Å². The van der Waals surface area contributed by atoms with E-state index >= 15 is 0 Å². The summed E-state index contributed by atoms with van der Waals surface area (Å²) in [6.07, 6.45) is 1.66. The molecule has 0 saturated heterocycles. The van der Waals surface area contributed by atoms with Gasteiger partial charge in [-0.05, 0) is 31.5 Å². The standard InChI is InChI=1S/C26H31N3O6/c1-6-8-13-28-24(30)22(25(31)35-7-2)23(29-18-12-10-9-11-17(18)27-26(28)29)16-14-20(33-4)21(34-5)15-19(16)32-3/h9-12,14-15,22-23H,6-8,13H2,1-5H3/t22-,23-/m0/s1. The Hall–Kier alpha value is -3.75. The summed E-state index contributed by atoms with van der Waals surface area (Å²) in [5.74, 6) is -0.191. The number of nitrogens with zero attached hydrogens (tertiary/aromatic N) is 3. The largest absolute Gasteiger partial charge is 0.496 e. The highest BCUT2D eigenvalue weighted by atomic mass is 16.5. The van der Waals surface area contributed by atoms with E-state index in [1.807, 2.05) is 28.8 Å². The Labute approximate surface area is 204 Å². The van der Waals surface area contributed by atoms with Crippen LogP contribution < -0.4 is 19.1 Å². The van der Waals surface area contributed by atoms with Crippen molar-refractivity contribution in [1.29, 1.82) is 0 Å². The third-order valence-corrected chi connectivity index (χ3v) is 6.27. The molecular weight excluding hydrogens is 450 g/mol. The van der Waals surface area contributed by atoms with Crippen LogP contribution in [0, 0.1) is 5.92 Å². The van der Waals surface area contributed by atoms with Crippen LogP contribution in [0.3, 0.4) is 0 Å². The average molecular weight is 482 g/mol. The summed E-state index contributed by atoms with van der Waals surface area (Å²) in [5, 5.41) is 0. The Morgan fingerprint density at radius 2 is 1.69 bits per heavy atom. The van der Waals surface area contributed by atoms with Crippen molar-refractivity contribution in [2.75, 3.05) is 39.4 Å². The number of imidazole rings is 1. The Kier molecular flexibility index (Phi) is 7.14. The van der Waals surface area contributed by atoms with E-state index in [0.717, 1.165) is 23.9 Å². The van der Waals surface area contributed by atoms with Crippen LogP contribution in [0.1, 0.15) is 38.3 Å². The number of fused-ring (bicyclic) bond motifs is 3. The minimum atomic E-state index is -1.14. The molecule has 0 bridgehead atoms. The number of benzene rings is 2. The first-order chi connectivity index (χ1) is 17.0. The highest BCUT2D eigenvalue weighted by molar-refractivity contribution is 6.08. The molecule has 0 radical (unpaired) electrons. The van der Waals surface area contributed by atoms with Crippen LogP contribution in [0.2, 0.25) is 0 Å². The molecule has 2 heterocycles. The molecule has 2 aromatic carbocycles. The molecule has 0 unspecified atom stereocenters. The van der Waals surface area contributed by atoms with E-state index in [9.17, 15) is 9.59 Å². The lowest BCUT2D eigenvalue weighted by Gasteiger charge is -2.38. The van der Waals surface area contributed by atoms with Gasteiger partial charge >= 0.3 is 5.97 Å². The second-order valence-electron chi connectivity index (χ2n) is 8.24. The van der Waals surface area contributed by atoms with Gasteiger partial charge in [-0.2, -0.15) is 0 Å². The summed E-state index contributed by atoms with van der Waals surface area (Å²) in [7, 11) is 4.61. The van der Waals surface area contributed by atoms with Gasteiger partial charge in [0, 0.05) is 18.2 Å². The van der Waals surface area contributed by atoms with Gasteiger partial charge in [0.05, 0.1) is 45.0 Å². The molecule has 4 rings (SSSR count). The first kappa shape index (κ1) is 24.4. The molecule has 0 aliphatic carbocycles. The first-order valence-corrected chi connectivity index (χ1v) is 11.7. The van der Waals surface area contributed by atoms with Crippen LogP contribution in [0.5, 0.6) is 17.2 Å². The van der Waals surface area contributed by atoms with Crippen molar-refractivity contribution < 1.29 is 28.5 Å². The van der Waals surface area contributed by atoms with E-state index in [4.69, 9.17) is 23.9 Å². The molecule has 9 heteroatoms. The average Bonchev–Trinajstić information content (AvgIpc) is 3.26. The third-order valence-electron chi connectivity index (χ3n) is 6.27. The fourth-order valence-electron chi connectivity index (χ4n) is 4.64. The third kappa shape index (κ3) is 4.15. The van der Waals surface area contributed by atoms with Crippen molar-refractivity contribution in [3.8, 4) is 17.2 Å². The van der Waals surface area contributed by atoms with Crippen molar-refractivity contribution in [2.24, 2.45) is 5.92 Å². The Morgan fingerprint density at radius 1 is 1.00 bits per heavy atom. The number of carbonyl (C=O) groups excluding carboxylic acids is 2. The number of amides is 1. The SMILES string of the molecule is CCCCN1C(=O)[C@@H](C(=O)OCC)[C@H](c2cc(OC)c(OC)cc2OC)n2c1nc1ccccc12. The summed E-state index contributed by atoms with van der Waals surface area (Å²) < 4.78 is 24.1. The number of hydrogen-bond donors (Lipinski definition) is 0. The fourth-order valence-corrected chi connectivity index (χ4v) is 4.64. The number of para-hydroxylation sites is 2. The van der Waals surface area contributed by atoms with E-state index in [1.165, 1.54) is 21.3 Å². The van der Waals surface area contributed by atoms with Crippen LogP contribution in [0.25, 0.3) is 11.0 Å². The van der Waals surface area contributed by atoms with Crippen LogP contribution in [-0.2, 0) is 14.3 Å². The van der Waals surface area contributed by atoms with E-state index in [-0.39, 0.29) is 12.5 Å². The normalized spacial score (nSPS) is 17.3. The van der Waals surface area contributed by atoms with Gasteiger partial charge in [0.15, 0.2) is 17.4 Å². The highest BCUT2D eigenvalue weighted by Crippen LogP contribution is 2.47. The number of aromatic nitrogens is 2. The predicted molar refractivity (Wildman–Crippen MR) is 131 cm³/mol. The Morgan fingerprint density at radius 3 is 2.34 bits per heavy atom. The summed E-state index contributed by atoms with van der Waals surface area (Å²) in [5.41, 5.74) is 2.12. The van der Waals surface area contributed by atoms with E-state index in [2.05, 4.69) is 6.92 Å². The number of rotatable bonds is 9. The van der Waals surface area contributed by atoms with E-state index in [1.54, 1.807) is 24.0 Å². The maximum absolute atomic E-state index is 13.9. The minimum absolute atomic E-state index is 0.158. The molecule has 0 fully saturated rings. The zero-order valence-electron chi connectivity index (χ0n) is 20.7. The predicted octanol–water partition coefficient (Wildman–Crippen LogP) is 3.98. The maximum Gasteiger partial charge on any atom is 0.321 e. The van der Waals surface area contributed by atoms with Gasteiger partial charge < -0.3 is 23.5 Å². The van der Waals surface area contributed by atoms with Crippen molar-refractivity contribution >= 4 is 28.9 Å². The number of esters is 1. The number of hydrogen-bond acceptors (Lipinski definition) is 7. The summed E-state index contributed by atoms with van der Waals surface area (Å²) in [6.45, 7) is 4.39. The number of ether oxygens (including phenoxy) is 4. The molecule has 9 nitrogen and oxygen atoms in total. The van der Waals surface area contributed by atoms with Crippen LogP contribution in [-0.4, -0.2) is 55.9 Å². The van der Waals surface area contributed by atoms with Gasteiger partial charge in [0.2, 0.25) is 11.9 Å². The van der Waals surface area contributed by atoms with Gasteiger partial charge in [-0.15, -0.1) is 0 Å². The van der Waals surface area contributed by atoms with Gasteiger partial charge in [-0.25, -0.2) is 4.98 Å². The van der Waals surface area contributed by atoms with Gasteiger partial charge in [0.1, 0.15) is 5.75 Å². The first-order valence-electron chi connectivity index (χ1n) is 11.7. The summed E-state index contributed by atoms with van der Waals surface area (Å²) in [4.78, 5) is 33.7. The topological polar surface area (TPSA) is 92.1 Å². The lowest BCUT2D eigenvalue weighted by Crippen LogP contribution is -2.50. The van der Waals surface area contributed by atoms with Gasteiger partial charge in [0.25, 0.3) is 0 Å². The lowest BCUT2D eigenvalue weighted by atomic mass is 9.88. The molecule has 1 amide bonds. The molecule has 35 heavy (non-hydrogen) atoms. The fraction of sp³-hybridized carbons (Fsp3) is 0.423. The van der Waals surface area contributed by atoms with Gasteiger partial charge in [-0.3, -0.25) is 14.5 Å². The maximum atomic E-state index is 13.9. The molecule has 186 valence electrons. The molecule has 2 atom stereocenters. The molecule has 1 aliphatic heterocycles. The second-order valence-corrected chi connectivity index (χ2v) is 8.24. The molecular formula is C26H31N3O6. The molecule has 1 aliphatic rings. The molecule has 3 aromatic rings. The Bertz CT molecular complexity index is 1240. The van der Waals surface area contributed by atoms with Crippen molar-refractivity contribution in [3.05, 3.63) is 42.0 Å². The molecule has 0 N–H and O–H groups in total. The van der Waals surface area contributed by atoms with Gasteiger partial charge in [-0.1, -0.05) is 25.5 Å². The highest BCUT2D eigenvalue weighted by Gasteiger charge is 2.48. The summed E-state index contributed by atoms with van der Waals surface area (Å²) in [6, 6.07) is 10.3. The zero-order chi connectivity index (χ0) is 25.1. The number of unbranched alkanes of at least 4 members (excludes halogenated alkanes) is 1. The number of anilines is 1. The van der Waals surface area contributed by atoms with Crippen LogP contribution in [0.4, 0.5) is 5.95 Å². The van der Waals surface area contributed by atoms with Crippen molar-refractivity contribution in [2.45, 2.75) is 32.7 Å². The van der Waals surface area contributed by atoms with E-state index < -0.39 is 17.9 Å². The Balaban J connectivity index is 2.05. The summed E-state index contributed by atoms with van der Waals surface area (Å²) >= 11 is 0. The zero-order valence-corrected chi connectivity index (χ0v) is 20.7. The van der Waals surface area contributed by atoms with Crippen LogP contribution >= 0.6 is 0 Å². The van der Waals surface area contributed by atoms with Crippen molar-refractivity contribution in [1.82, 2.24) is 9.55 Å². The molecule has 0 saturated carbocycles. The lowest BCUT2D eigenvalue weighted by molar-refractivity contribution is -0.153. The molecule has 1 aromatic heterocycles. The number of methoxy groups -OCH3 is 3. The molecule has 0 spiro atoms. The van der Waals surface area contributed by atoms with E-state index in [0.29, 0.717) is 35.3 Å². The van der Waals surface area contributed by atoms with Crippen molar-refractivity contribution in [3.63, 3.8) is 0 Å². The smallest absolute Gasteiger partial charge is 0.321 e. The monoisotopic (exact) mass is 481 g/mol.